The van der Waals surface area contributed by atoms with Crippen molar-refractivity contribution in [2.24, 2.45) is 0 Å². The fourth-order valence-electron chi connectivity index (χ4n) is 3.63. The van der Waals surface area contributed by atoms with E-state index < -0.39 is 17.8 Å². The van der Waals surface area contributed by atoms with Crippen molar-refractivity contribution >= 4 is 56.2 Å². The van der Waals surface area contributed by atoms with E-state index in [4.69, 9.17) is 11.6 Å². The molecule has 0 fully saturated rings. The Kier molecular flexibility index (Phi) is 4.72. The third-order valence-electron chi connectivity index (χ3n) is 4.79. The van der Waals surface area contributed by atoms with Crippen LogP contribution >= 0.6 is 27.5 Å². The number of hydrogen-bond donors (Lipinski definition) is 2. The highest BCUT2D eigenvalue weighted by atomic mass is 79.9. The lowest BCUT2D eigenvalue weighted by molar-refractivity contribution is 0.0684. The normalized spacial score (nSPS) is 13.1. The van der Waals surface area contributed by atoms with Crippen LogP contribution in [0.5, 0.6) is 0 Å². The molecule has 0 radical (unpaired) electrons. The summed E-state index contributed by atoms with van der Waals surface area (Å²) in [6.07, 6.45) is 0.702. The van der Waals surface area contributed by atoms with Gasteiger partial charge in [0.25, 0.3) is 11.8 Å². The van der Waals surface area contributed by atoms with Gasteiger partial charge in [-0.2, -0.15) is 0 Å². The molecule has 0 aliphatic carbocycles. The van der Waals surface area contributed by atoms with E-state index in [1.54, 1.807) is 34.9 Å². The molecule has 0 unspecified atom stereocenters. The maximum Gasteiger partial charge on any atom is 0.352 e. The number of alkyl halides is 1. The summed E-state index contributed by atoms with van der Waals surface area (Å²) >= 11 is 9.71. The number of nitrogens with one attached hydrogen (secondary N) is 1. The Labute approximate surface area is 173 Å². The summed E-state index contributed by atoms with van der Waals surface area (Å²) in [6.45, 7) is 0.451. The zero-order chi connectivity index (χ0) is 20.0. The summed E-state index contributed by atoms with van der Waals surface area (Å²) in [5, 5.41) is 13.5. The average molecular weight is 462 g/mol. The van der Waals surface area contributed by atoms with E-state index in [2.05, 4.69) is 21.2 Å². The van der Waals surface area contributed by atoms with E-state index in [0.29, 0.717) is 45.3 Å². The standard InChI is InChI=1S/C20H14BrClN2O4/c21-6-3-7-24-14-8-11(10-4-1-2-5-13(10)22)16-17(19(26)23-18(16)25)12(14)9-15(24)20(27)28/h1-2,4-5,8-9H,3,6-7H2,(H,27,28)(H,23,25,26). The second kappa shape index (κ2) is 7.07. The van der Waals surface area contributed by atoms with Crippen LogP contribution < -0.4 is 5.32 Å². The van der Waals surface area contributed by atoms with Gasteiger partial charge in [-0.3, -0.25) is 14.9 Å². The predicted octanol–water partition coefficient (Wildman–Crippen LogP) is 4.33. The van der Waals surface area contributed by atoms with E-state index in [9.17, 15) is 19.5 Å². The molecule has 2 amide bonds. The van der Waals surface area contributed by atoms with Crippen LogP contribution in [0.4, 0.5) is 0 Å². The van der Waals surface area contributed by atoms with Crippen LogP contribution in [-0.2, 0) is 6.54 Å². The molecule has 0 spiro atoms. The second-order valence-electron chi connectivity index (χ2n) is 6.40. The van der Waals surface area contributed by atoms with Gasteiger partial charge in [0.2, 0.25) is 0 Å². The highest BCUT2D eigenvalue weighted by Gasteiger charge is 2.34. The highest BCUT2D eigenvalue weighted by molar-refractivity contribution is 9.09. The maximum absolute atomic E-state index is 12.5. The van der Waals surface area contributed by atoms with Crippen LogP contribution in [0.1, 0.15) is 37.6 Å². The van der Waals surface area contributed by atoms with Crippen molar-refractivity contribution in [3.63, 3.8) is 0 Å². The van der Waals surface area contributed by atoms with Crippen LogP contribution in [0, 0.1) is 0 Å². The Hall–Kier alpha value is -2.64. The Balaban J connectivity index is 2.13. The summed E-state index contributed by atoms with van der Waals surface area (Å²) in [5.74, 6) is -2.14. The van der Waals surface area contributed by atoms with Crippen molar-refractivity contribution < 1.29 is 19.5 Å². The number of carboxylic acids is 1. The lowest BCUT2D eigenvalue weighted by atomic mass is 9.94. The van der Waals surface area contributed by atoms with Gasteiger partial charge in [0, 0.05) is 27.8 Å². The zero-order valence-electron chi connectivity index (χ0n) is 14.5. The molecular weight excluding hydrogens is 448 g/mol. The fourth-order valence-corrected chi connectivity index (χ4v) is 4.11. The molecule has 2 heterocycles. The number of nitrogens with zero attached hydrogens (tertiary/aromatic N) is 1. The molecule has 6 nitrogen and oxygen atoms in total. The predicted molar refractivity (Wildman–Crippen MR) is 110 cm³/mol. The fraction of sp³-hybridized carbons (Fsp3) is 0.150. The monoisotopic (exact) mass is 460 g/mol. The molecule has 0 saturated carbocycles. The number of aromatic carboxylic acids is 1. The van der Waals surface area contributed by atoms with Gasteiger partial charge in [-0.05, 0) is 30.2 Å². The van der Waals surface area contributed by atoms with Gasteiger partial charge >= 0.3 is 5.97 Å². The minimum absolute atomic E-state index is 0.0709. The zero-order valence-corrected chi connectivity index (χ0v) is 16.8. The lowest BCUT2D eigenvalue weighted by Gasteiger charge is -2.12. The number of fused-ring (bicyclic) bond motifs is 3. The number of carbonyl (C=O) groups excluding carboxylic acids is 2. The van der Waals surface area contributed by atoms with Gasteiger partial charge < -0.3 is 9.67 Å². The van der Waals surface area contributed by atoms with E-state index in [-0.39, 0.29) is 16.8 Å². The van der Waals surface area contributed by atoms with Crippen molar-refractivity contribution in [2.75, 3.05) is 5.33 Å². The molecule has 28 heavy (non-hydrogen) atoms. The smallest absolute Gasteiger partial charge is 0.352 e. The average Bonchev–Trinajstić information content (AvgIpc) is 3.17. The van der Waals surface area contributed by atoms with Crippen molar-refractivity contribution in [2.45, 2.75) is 13.0 Å². The first kappa shape index (κ1) is 18.7. The minimum Gasteiger partial charge on any atom is -0.477 e. The Morgan fingerprint density at radius 1 is 1.11 bits per heavy atom. The lowest BCUT2D eigenvalue weighted by Crippen LogP contribution is -2.20. The molecule has 0 saturated heterocycles. The largest absolute Gasteiger partial charge is 0.477 e. The van der Waals surface area contributed by atoms with Crippen molar-refractivity contribution in [1.82, 2.24) is 9.88 Å². The van der Waals surface area contributed by atoms with E-state index >= 15 is 0 Å². The van der Waals surface area contributed by atoms with Crippen LogP contribution in [0.25, 0.3) is 22.0 Å². The number of aromatic nitrogens is 1. The van der Waals surface area contributed by atoms with E-state index in [1.165, 1.54) is 6.07 Å². The van der Waals surface area contributed by atoms with Gasteiger partial charge in [0.15, 0.2) is 0 Å². The Morgan fingerprint density at radius 3 is 2.50 bits per heavy atom. The molecule has 2 N–H and O–H groups in total. The molecule has 142 valence electrons. The number of benzene rings is 2. The molecule has 2 aromatic carbocycles. The van der Waals surface area contributed by atoms with E-state index in [1.807, 2.05) is 0 Å². The van der Waals surface area contributed by atoms with Gasteiger partial charge in [-0.15, -0.1) is 0 Å². The second-order valence-corrected chi connectivity index (χ2v) is 7.60. The molecule has 8 heteroatoms. The molecule has 4 rings (SSSR count). The van der Waals surface area contributed by atoms with Crippen molar-refractivity contribution in [1.29, 1.82) is 0 Å². The topological polar surface area (TPSA) is 88.4 Å². The first-order valence-corrected chi connectivity index (χ1v) is 10.0. The molecule has 1 aliphatic heterocycles. The first-order chi connectivity index (χ1) is 13.4. The highest BCUT2D eigenvalue weighted by Crippen LogP contribution is 2.39. The number of halogens is 2. The summed E-state index contributed by atoms with van der Waals surface area (Å²) < 4.78 is 1.66. The summed E-state index contributed by atoms with van der Waals surface area (Å²) in [5.41, 5.74) is 2.18. The summed E-state index contributed by atoms with van der Waals surface area (Å²) in [6, 6.07) is 10.2. The van der Waals surface area contributed by atoms with Gasteiger partial charge in [0.1, 0.15) is 5.69 Å². The van der Waals surface area contributed by atoms with Crippen LogP contribution in [0.3, 0.4) is 0 Å². The number of carbonyl (C=O) groups is 3. The SMILES string of the molecule is O=C1NC(=O)c2c1c(-c1ccccc1Cl)cc1c2cc(C(=O)O)n1CCCBr. The van der Waals surface area contributed by atoms with Crippen LogP contribution in [0.2, 0.25) is 5.02 Å². The summed E-state index contributed by atoms with van der Waals surface area (Å²) in [4.78, 5) is 36.8. The molecule has 0 atom stereocenters. The number of amides is 2. The number of hydrogen-bond acceptors (Lipinski definition) is 3. The van der Waals surface area contributed by atoms with Gasteiger partial charge in [-0.1, -0.05) is 45.7 Å². The van der Waals surface area contributed by atoms with Crippen molar-refractivity contribution in [3.05, 3.63) is 58.2 Å². The third-order valence-corrected chi connectivity index (χ3v) is 5.68. The number of aryl methyl sites for hydroxylation is 1. The first-order valence-electron chi connectivity index (χ1n) is 8.54. The molecule has 1 aromatic heterocycles. The van der Waals surface area contributed by atoms with Gasteiger partial charge in [-0.25, -0.2) is 4.79 Å². The Bertz CT molecular complexity index is 1170. The van der Waals surface area contributed by atoms with Gasteiger partial charge in [0.05, 0.1) is 16.6 Å². The molecule has 3 aromatic rings. The molecule has 0 bridgehead atoms. The van der Waals surface area contributed by atoms with Crippen LogP contribution in [-0.4, -0.2) is 32.8 Å². The quantitative estimate of drug-likeness (QED) is 0.437. The summed E-state index contributed by atoms with van der Waals surface area (Å²) in [7, 11) is 0. The number of rotatable bonds is 5. The maximum atomic E-state index is 12.5. The Morgan fingerprint density at radius 2 is 1.82 bits per heavy atom. The number of imide groups is 1. The van der Waals surface area contributed by atoms with Crippen molar-refractivity contribution in [3.8, 4) is 11.1 Å². The third kappa shape index (κ3) is 2.82. The molecular formula is C20H14BrClN2O4. The van der Waals surface area contributed by atoms with E-state index in [0.717, 1.165) is 0 Å². The minimum atomic E-state index is -1.09. The number of carboxylic acid groups (broad SMARTS) is 1. The van der Waals surface area contributed by atoms with Crippen LogP contribution in [0.15, 0.2) is 36.4 Å². The molecule has 1 aliphatic rings.